The number of para-hydroxylation sites is 1. The van der Waals surface area contributed by atoms with Crippen LogP contribution >= 0.6 is 11.6 Å². The van der Waals surface area contributed by atoms with E-state index < -0.39 is 6.17 Å². The largest absolute Gasteiger partial charge is 0.360 e. The first kappa shape index (κ1) is 29.2. The molecule has 0 saturated heterocycles. The molecule has 1 aliphatic carbocycles. The van der Waals surface area contributed by atoms with Crippen LogP contribution in [0.3, 0.4) is 0 Å². The molecule has 1 saturated carbocycles. The second-order valence-corrected chi connectivity index (χ2v) is 11.1. The second-order valence-electron chi connectivity index (χ2n) is 10.7. The second kappa shape index (κ2) is 13.1. The molecule has 0 bridgehead atoms. The fourth-order valence-corrected chi connectivity index (χ4v) is 5.28. The molecule has 3 atom stereocenters. The summed E-state index contributed by atoms with van der Waals surface area (Å²) in [5, 5.41) is 10.4. The number of halogens is 2. The van der Waals surface area contributed by atoms with Crippen LogP contribution in [0.2, 0.25) is 5.02 Å². The number of alkyl halides is 1. The van der Waals surface area contributed by atoms with Crippen molar-refractivity contribution in [3.63, 3.8) is 0 Å². The van der Waals surface area contributed by atoms with Crippen molar-refractivity contribution in [3.05, 3.63) is 83.7 Å². The zero-order valence-corrected chi connectivity index (χ0v) is 24.2. The van der Waals surface area contributed by atoms with Gasteiger partial charge in [-0.1, -0.05) is 35.9 Å². The van der Waals surface area contributed by atoms with Crippen LogP contribution in [0.1, 0.15) is 29.6 Å². The summed E-state index contributed by atoms with van der Waals surface area (Å²) >= 11 is 6.46. The van der Waals surface area contributed by atoms with Crippen LogP contribution in [-0.2, 0) is 4.79 Å². The van der Waals surface area contributed by atoms with Crippen molar-refractivity contribution in [1.82, 2.24) is 25.2 Å². The molecule has 5 rings (SSSR count). The standard InChI is InChI=1S/C31H33ClFN7O2/c1-40(2)13-5-8-28(41)36-21-11-9-19(10-12-21)30(42)37-22-14-20(33)15-23(16-22)38-31-35-18-26(32)29(39-31)25-17-34-27-7-4-3-6-24(25)27/h3-12,17-18,20,22-23,34H,13-16H2,1-2H3,(H,36,41)(H,37,42)(H,35,38,39)/b8-5+. The van der Waals surface area contributed by atoms with Crippen LogP contribution < -0.4 is 16.0 Å². The van der Waals surface area contributed by atoms with Crippen molar-refractivity contribution in [2.75, 3.05) is 31.3 Å². The number of H-pyrrole nitrogens is 1. The summed E-state index contributed by atoms with van der Waals surface area (Å²) in [7, 11) is 3.83. The van der Waals surface area contributed by atoms with Crippen molar-refractivity contribution >= 4 is 46.0 Å². The number of carbonyl (C=O) groups excluding carboxylic acids is 2. The van der Waals surface area contributed by atoms with Crippen molar-refractivity contribution in [3.8, 4) is 11.3 Å². The van der Waals surface area contributed by atoms with Crippen molar-refractivity contribution in [2.45, 2.75) is 37.5 Å². The molecule has 42 heavy (non-hydrogen) atoms. The lowest BCUT2D eigenvalue weighted by Gasteiger charge is -2.32. The predicted octanol–water partition coefficient (Wildman–Crippen LogP) is 5.44. The van der Waals surface area contributed by atoms with Gasteiger partial charge in [-0.2, -0.15) is 0 Å². The molecule has 4 aromatic rings. The highest BCUT2D eigenvalue weighted by Crippen LogP contribution is 2.33. The number of hydrogen-bond acceptors (Lipinski definition) is 6. The first-order chi connectivity index (χ1) is 20.2. The number of nitrogens with one attached hydrogen (secondary N) is 4. The first-order valence-corrected chi connectivity index (χ1v) is 14.2. The summed E-state index contributed by atoms with van der Waals surface area (Å²) < 4.78 is 14.8. The van der Waals surface area contributed by atoms with Gasteiger partial charge >= 0.3 is 0 Å². The quantitative estimate of drug-likeness (QED) is 0.193. The first-order valence-electron chi connectivity index (χ1n) is 13.8. The summed E-state index contributed by atoms with van der Waals surface area (Å²) in [5.74, 6) is -0.207. The molecule has 2 heterocycles. The molecule has 0 aliphatic heterocycles. The van der Waals surface area contributed by atoms with Gasteiger partial charge in [0.2, 0.25) is 11.9 Å². The normalized spacial score (nSPS) is 18.8. The van der Waals surface area contributed by atoms with Crippen LogP contribution in [0, 0.1) is 0 Å². The molecular weight excluding hydrogens is 557 g/mol. The van der Waals surface area contributed by atoms with Crippen LogP contribution in [0.4, 0.5) is 16.0 Å². The van der Waals surface area contributed by atoms with Gasteiger partial charge in [-0.15, -0.1) is 0 Å². The Morgan fingerprint density at radius 1 is 1.10 bits per heavy atom. The number of amides is 2. The third-order valence-electron chi connectivity index (χ3n) is 7.06. The van der Waals surface area contributed by atoms with Crippen molar-refractivity contribution in [2.24, 2.45) is 0 Å². The smallest absolute Gasteiger partial charge is 0.251 e. The third-order valence-corrected chi connectivity index (χ3v) is 7.34. The van der Waals surface area contributed by atoms with E-state index in [1.165, 1.54) is 12.3 Å². The summed E-state index contributed by atoms with van der Waals surface area (Å²) in [6.45, 7) is 0.655. The van der Waals surface area contributed by atoms with E-state index in [2.05, 4.69) is 30.9 Å². The van der Waals surface area contributed by atoms with Crippen molar-refractivity contribution in [1.29, 1.82) is 0 Å². The molecule has 2 aromatic heterocycles. The summed E-state index contributed by atoms with van der Waals surface area (Å²) in [6.07, 6.45) is 6.54. The lowest BCUT2D eigenvalue weighted by Crippen LogP contribution is -2.45. The Hall–Kier alpha value is -4.28. The van der Waals surface area contributed by atoms with E-state index in [1.807, 2.05) is 49.5 Å². The number of fused-ring (bicyclic) bond motifs is 1. The van der Waals surface area contributed by atoms with Crippen LogP contribution in [-0.4, -0.2) is 70.6 Å². The summed E-state index contributed by atoms with van der Waals surface area (Å²) in [4.78, 5) is 39.2. The number of anilines is 2. The highest BCUT2D eigenvalue weighted by Gasteiger charge is 2.30. The average Bonchev–Trinajstić information content (AvgIpc) is 3.38. The highest BCUT2D eigenvalue weighted by molar-refractivity contribution is 6.33. The number of benzene rings is 2. The van der Waals surface area contributed by atoms with Gasteiger partial charge in [0.25, 0.3) is 5.91 Å². The Morgan fingerprint density at radius 3 is 2.64 bits per heavy atom. The monoisotopic (exact) mass is 589 g/mol. The van der Waals surface area contributed by atoms with E-state index in [4.69, 9.17) is 11.6 Å². The molecule has 2 amide bonds. The van der Waals surface area contributed by atoms with Gasteiger partial charge in [-0.25, -0.2) is 14.4 Å². The molecule has 1 aliphatic rings. The minimum absolute atomic E-state index is 0.222. The maximum atomic E-state index is 14.8. The molecule has 1 fully saturated rings. The molecule has 2 aromatic carbocycles. The molecule has 0 radical (unpaired) electrons. The number of likely N-dealkylation sites (N-methyl/N-ethyl adjacent to an activating group) is 1. The number of aromatic amines is 1. The van der Waals surface area contributed by atoms with E-state index in [1.54, 1.807) is 30.3 Å². The van der Waals surface area contributed by atoms with Gasteiger partial charge in [0.05, 0.1) is 16.9 Å². The number of rotatable bonds is 9. The Labute approximate surface area is 248 Å². The summed E-state index contributed by atoms with van der Waals surface area (Å²) in [6, 6.07) is 13.8. The van der Waals surface area contributed by atoms with E-state index in [-0.39, 0.29) is 36.7 Å². The Balaban J connectivity index is 1.20. The van der Waals surface area contributed by atoms with E-state index >= 15 is 0 Å². The maximum absolute atomic E-state index is 14.8. The fraction of sp³-hybridized carbons (Fsp3) is 0.290. The zero-order valence-electron chi connectivity index (χ0n) is 23.4. The summed E-state index contributed by atoms with van der Waals surface area (Å²) in [5.41, 5.74) is 3.39. The lowest BCUT2D eigenvalue weighted by atomic mass is 9.89. The van der Waals surface area contributed by atoms with Gasteiger partial charge in [0, 0.05) is 58.6 Å². The van der Waals surface area contributed by atoms with Gasteiger partial charge in [-0.05, 0) is 63.7 Å². The predicted molar refractivity (Wildman–Crippen MR) is 165 cm³/mol. The van der Waals surface area contributed by atoms with Crippen LogP contribution in [0.5, 0.6) is 0 Å². The number of nitrogens with zero attached hydrogens (tertiary/aromatic N) is 3. The van der Waals surface area contributed by atoms with Crippen LogP contribution in [0.25, 0.3) is 22.2 Å². The molecule has 218 valence electrons. The van der Waals surface area contributed by atoms with Gasteiger partial charge in [-0.3, -0.25) is 9.59 Å². The SMILES string of the molecule is CN(C)C/C=C/C(=O)Nc1ccc(C(=O)NC2CC(F)CC(Nc3ncc(Cl)c(-c4c[nH]c5ccccc45)n3)C2)cc1. The minimum Gasteiger partial charge on any atom is -0.360 e. The maximum Gasteiger partial charge on any atom is 0.251 e. The van der Waals surface area contributed by atoms with E-state index in [9.17, 15) is 14.0 Å². The average molecular weight is 590 g/mol. The Bertz CT molecular complexity index is 1590. The minimum atomic E-state index is -1.10. The topological polar surface area (TPSA) is 115 Å². The molecule has 4 N–H and O–H groups in total. The van der Waals surface area contributed by atoms with E-state index in [0.29, 0.717) is 40.9 Å². The Kier molecular flexibility index (Phi) is 9.14. The molecule has 3 unspecified atom stereocenters. The van der Waals surface area contributed by atoms with E-state index in [0.717, 1.165) is 16.5 Å². The van der Waals surface area contributed by atoms with Gasteiger partial charge in [0.1, 0.15) is 6.17 Å². The number of hydrogen-bond donors (Lipinski definition) is 4. The van der Waals surface area contributed by atoms with Crippen LogP contribution in [0.15, 0.2) is 73.1 Å². The molecule has 11 heteroatoms. The molecular formula is C31H33ClFN7O2. The zero-order chi connectivity index (χ0) is 29.6. The Morgan fingerprint density at radius 2 is 1.86 bits per heavy atom. The van der Waals surface area contributed by atoms with Gasteiger partial charge < -0.3 is 25.8 Å². The molecule has 0 spiro atoms. The highest BCUT2D eigenvalue weighted by atomic mass is 35.5. The lowest BCUT2D eigenvalue weighted by molar-refractivity contribution is -0.111. The number of aromatic nitrogens is 3. The fourth-order valence-electron chi connectivity index (χ4n) is 5.09. The third kappa shape index (κ3) is 7.32. The van der Waals surface area contributed by atoms with Gasteiger partial charge in [0.15, 0.2) is 0 Å². The van der Waals surface area contributed by atoms with Crippen molar-refractivity contribution < 1.29 is 14.0 Å². The molecule has 9 nitrogen and oxygen atoms in total. The number of carbonyl (C=O) groups is 2.